The van der Waals surface area contributed by atoms with Gasteiger partial charge in [-0.1, -0.05) is 0 Å². The van der Waals surface area contributed by atoms with Gasteiger partial charge in [-0.05, 0) is 6.07 Å². The Morgan fingerprint density at radius 2 is 1.89 bits per heavy atom. The van der Waals surface area contributed by atoms with Crippen LogP contribution < -0.4 is 9.47 Å². The number of methoxy groups -OCH3 is 2. The molecule has 18 heavy (non-hydrogen) atoms. The van der Waals surface area contributed by atoms with E-state index in [9.17, 15) is 14.9 Å². The topological polar surface area (TPSA) is 87.9 Å². The smallest absolute Gasteiger partial charge is 0.374 e. The molecular formula is C10H10BrNO6. The highest BCUT2D eigenvalue weighted by atomic mass is 79.9. The van der Waals surface area contributed by atoms with Crippen LogP contribution in [0.5, 0.6) is 11.5 Å². The van der Waals surface area contributed by atoms with Crippen molar-refractivity contribution >= 4 is 26.5 Å². The van der Waals surface area contributed by atoms with E-state index in [1.807, 2.05) is 0 Å². The fraction of sp³-hybridized carbons (Fsp3) is 0.300. The maximum absolute atomic E-state index is 10.9. The van der Waals surface area contributed by atoms with Crippen LogP contribution in [0.4, 0.5) is 10.5 Å². The maximum atomic E-state index is 10.9. The van der Waals surface area contributed by atoms with E-state index in [1.165, 1.54) is 26.4 Å². The van der Waals surface area contributed by atoms with Crippen LogP contribution >= 0.6 is 15.9 Å². The molecule has 0 saturated carbocycles. The summed E-state index contributed by atoms with van der Waals surface area (Å²) in [6.45, 7) is -0.235. The van der Waals surface area contributed by atoms with Gasteiger partial charge >= 0.3 is 4.88 Å². The number of ether oxygens (including phenoxy) is 3. The van der Waals surface area contributed by atoms with E-state index in [0.29, 0.717) is 5.75 Å². The number of nitro groups is 1. The minimum Gasteiger partial charge on any atom is -0.493 e. The summed E-state index contributed by atoms with van der Waals surface area (Å²) >= 11 is 2.57. The lowest BCUT2D eigenvalue weighted by molar-refractivity contribution is -0.385. The van der Waals surface area contributed by atoms with Crippen LogP contribution in [0.25, 0.3) is 0 Å². The second-order valence-corrected chi connectivity index (χ2v) is 3.77. The fourth-order valence-electron chi connectivity index (χ4n) is 1.33. The molecule has 0 spiro atoms. The number of hydrogen-bond acceptors (Lipinski definition) is 6. The molecule has 1 aromatic rings. The van der Waals surface area contributed by atoms with Gasteiger partial charge in [0, 0.05) is 15.9 Å². The molecule has 0 aromatic heterocycles. The molecule has 0 unspecified atom stereocenters. The predicted octanol–water partition coefficient (Wildman–Crippen LogP) is 2.64. The summed E-state index contributed by atoms with van der Waals surface area (Å²) in [7, 11) is 2.78. The first-order chi connectivity index (χ1) is 8.49. The zero-order valence-corrected chi connectivity index (χ0v) is 11.2. The van der Waals surface area contributed by atoms with Crippen molar-refractivity contribution in [2.45, 2.75) is 6.61 Å². The lowest BCUT2D eigenvalue weighted by atomic mass is 10.1. The summed E-state index contributed by atoms with van der Waals surface area (Å²) in [5, 5.41) is 10.9. The Hall–Kier alpha value is -1.83. The summed E-state index contributed by atoms with van der Waals surface area (Å²) in [4.78, 5) is 20.2. The predicted molar refractivity (Wildman–Crippen MR) is 65.3 cm³/mol. The molecule has 0 bridgehead atoms. The molecule has 8 heteroatoms. The molecule has 0 amide bonds. The normalized spacial score (nSPS) is 9.72. The van der Waals surface area contributed by atoms with Crippen molar-refractivity contribution in [3.05, 3.63) is 27.8 Å². The molecular weight excluding hydrogens is 310 g/mol. The van der Waals surface area contributed by atoms with Crippen LogP contribution in [0.1, 0.15) is 5.56 Å². The van der Waals surface area contributed by atoms with Crippen molar-refractivity contribution < 1.29 is 23.9 Å². The van der Waals surface area contributed by atoms with Gasteiger partial charge < -0.3 is 14.2 Å². The van der Waals surface area contributed by atoms with Crippen LogP contribution in [0.3, 0.4) is 0 Å². The SMILES string of the molecule is COc1cc(COC(=O)Br)c([N+](=O)[O-])cc1OC. The van der Waals surface area contributed by atoms with Gasteiger partial charge in [0.15, 0.2) is 11.5 Å². The Morgan fingerprint density at radius 3 is 2.33 bits per heavy atom. The highest BCUT2D eigenvalue weighted by Gasteiger charge is 2.20. The third-order valence-corrected chi connectivity index (χ3v) is 2.35. The number of carbonyl (C=O) groups is 1. The third kappa shape index (κ3) is 3.33. The van der Waals surface area contributed by atoms with Crippen LogP contribution in [0.2, 0.25) is 0 Å². The first-order valence-corrected chi connectivity index (χ1v) is 5.50. The number of nitrogens with zero attached hydrogens (tertiary/aromatic N) is 1. The van der Waals surface area contributed by atoms with Crippen molar-refractivity contribution in [2.75, 3.05) is 14.2 Å². The summed E-state index contributed by atoms with van der Waals surface area (Å²) in [6.07, 6.45) is 0. The van der Waals surface area contributed by atoms with Crippen molar-refractivity contribution in [1.29, 1.82) is 0 Å². The minimum absolute atomic E-state index is 0.207. The number of hydrogen-bond donors (Lipinski definition) is 0. The standard InChI is InChI=1S/C10H10BrNO6/c1-16-8-3-6(5-18-10(11)13)7(12(14)15)4-9(8)17-2/h3-4H,5H2,1-2H3. The van der Waals surface area contributed by atoms with Gasteiger partial charge in [0.2, 0.25) is 0 Å². The summed E-state index contributed by atoms with van der Waals surface area (Å²) in [6, 6.07) is 2.61. The van der Waals surface area contributed by atoms with E-state index in [-0.39, 0.29) is 23.6 Å². The molecule has 0 N–H and O–H groups in total. The van der Waals surface area contributed by atoms with E-state index in [1.54, 1.807) is 0 Å². The molecule has 0 aliphatic carbocycles. The molecule has 0 aliphatic rings. The van der Waals surface area contributed by atoms with E-state index in [4.69, 9.17) is 9.47 Å². The second kappa shape index (κ2) is 6.20. The van der Waals surface area contributed by atoms with Crippen molar-refractivity contribution in [3.8, 4) is 11.5 Å². The van der Waals surface area contributed by atoms with Crippen LogP contribution in [0.15, 0.2) is 12.1 Å². The average Bonchev–Trinajstić information content (AvgIpc) is 2.34. The molecule has 0 radical (unpaired) electrons. The van der Waals surface area contributed by atoms with Gasteiger partial charge in [0.1, 0.15) is 6.61 Å². The molecule has 98 valence electrons. The summed E-state index contributed by atoms with van der Waals surface area (Å²) in [5.41, 5.74) is 0.00634. The average molecular weight is 320 g/mol. The van der Waals surface area contributed by atoms with E-state index >= 15 is 0 Å². The largest absolute Gasteiger partial charge is 0.493 e. The van der Waals surface area contributed by atoms with Crippen LogP contribution in [-0.2, 0) is 11.3 Å². The van der Waals surface area contributed by atoms with E-state index < -0.39 is 9.80 Å². The van der Waals surface area contributed by atoms with Crippen molar-refractivity contribution in [3.63, 3.8) is 0 Å². The number of nitro benzene ring substituents is 1. The number of carbonyl (C=O) groups excluding carboxylic acids is 1. The highest BCUT2D eigenvalue weighted by Crippen LogP contribution is 2.34. The Kier molecular flexibility index (Phi) is 4.90. The van der Waals surface area contributed by atoms with Crippen LogP contribution in [-0.4, -0.2) is 24.0 Å². The number of halogens is 1. The Bertz CT molecular complexity index is 476. The lowest BCUT2D eigenvalue weighted by Crippen LogP contribution is -2.02. The fourth-order valence-corrected chi connectivity index (χ4v) is 1.44. The Balaban J connectivity index is 3.20. The lowest BCUT2D eigenvalue weighted by Gasteiger charge is -2.10. The molecule has 0 saturated heterocycles. The minimum atomic E-state index is -0.702. The van der Waals surface area contributed by atoms with Gasteiger partial charge in [0.25, 0.3) is 5.69 Å². The monoisotopic (exact) mass is 319 g/mol. The molecule has 7 nitrogen and oxygen atoms in total. The first kappa shape index (κ1) is 14.2. The van der Waals surface area contributed by atoms with Crippen LogP contribution in [0, 0.1) is 10.1 Å². The number of benzene rings is 1. The van der Waals surface area contributed by atoms with Crippen molar-refractivity contribution in [2.24, 2.45) is 0 Å². The molecule has 0 atom stereocenters. The number of rotatable bonds is 5. The van der Waals surface area contributed by atoms with Gasteiger partial charge in [-0.25, -0.2) is 4.79 Å². The second-order valence-electron chi connectivity index (χ2n) is 3.12. The highest BCUT2D eigenvalue weighted by molar-refractivity contribution is 9.18. The maximum Gasteiger partial charge on any atom is 0.374 e. The van der Waals surface area contributed by atoms with Gasteiger partial charge in [-0.3, -0.25) is 10.1 Å². The summed E-state index contributed by atoms with van der Waals surface area (Å²) < 4.78 is 14.6. The van der Waals surface area contributed by atoms with Gasteiger partial charge in [0.05, 0.1) is 30.8 Å². The molecule has 1 rings (SSSR count). The zero-order chi connectivity index (χ0) is 13.7. The third-order valence-electron chi connectivity index (χ3n) is 2.12. The molecule has 0 fully saturated rings. The van der Waals surface area contributed by atoms with Gasteiger partial charge in [-0.15, -0.1) is 0 Å². The molecule has 1 aromatic carbocycles. The quantitative estimate of drug-likeness (QED) is 0.471. The molecule has 0 heterocycles. The summed E-state index contributed by atoms with van der Waals surface area (Å²) in [5.74, 6) is 0.557. The van der Waals surface area contributed by atoms with Crippen molar-refractivity contribution in [1.82, 2.24) is 0 Å². The Labute approximate surface area is 111 Å². The Morgan fingerprint density at radius 1 is 1.33 bits per heavy atom. The van der Waals surface area contributed by atoms with Gasteiger partial charge in [-0.2, -0.15) is 0 Å². The van der Waals surface area contributed by atoms with E-state index in [2.05, 4.69) is 20.7 Å². The first-order valence-electron chi connectivity index (χ1n) is 4.71. The van der Waals surface area contributed by atoms with E-state index in [0.717, 1.165) is 0 Å². The molecule has 0 aliphatic heterocycles. The zero-order valence-electron chi connectivity index (χ0n) is 9.64.